The smallest absolute Gasteiger partial charge is 0.256 e. The summed E-state index contributed by atoms with van der Waals surface area (Å²) in [4.78, 5) is 11.7. The van der Waals surface area contributed by atoms with E-state index >= 15 is 0 Å². The van der Waals surface area contributed by atoms with Gasteiger partial charge in [0.1, 0.15) is 0 Å². The van der Waals surface area contributed by atoms with Gasteiger partial charge >= 0.3 is 0 Å². The lowest BCUT2D eigenvalue weighted by Gasteiger charge is -2.13. The summed E-state index contributed by atoms with van der Waals surface area (Å²) in [6, 6.07) is 1.63. The molecule has 1 atom stereocenters. The molecule has 80 valence electrons. The number of hydrogen-bond donors (Lipinski definition) is 1. The Kier molecular flexibility index (Phi) is 4.44. The minimum atomic E-state index is -0.169. The van der Waals surface area contributed by atoms with Gasteiger partial charge in [0.2, 0.25) is 0 Å². The average molecular weight is 270 g/mol. The molecule has 1 rings (SSSR count). The van der Waals surface area contributed by atoms with Gasteiger partial charge in [0.25, 0.3) is 5.91 Å². The van der Waals surface area contributed by atoms with Crippen molar-refractivity contribution in [1.29, 1.82) is 0 Å². The Bertz CT molecular complexity index is 378. The first kappa shape index (κ1) is 11.9. The fourth-order valence-electron chi connectivity index (χ4n) is 1.16. The first-order valence-corrected chi connectivity index (χ1v) is 5.45. The second-order valence-electron chi connectivity index (χ2n) is 3.09. The van der Waals surface area contributed by atoms with E-state index in [9.17, 15) is 4.79 Å². The van der Waals surface area contributed by atoms with Crippen LogP contribution in [0.15, 0.2) is 21.4 Å². The van der Waals surface area contributed by atoms with E-state index in [1.54, 1.807) is 6.07 Å². The van der Waals surface area contributed by atoms with Crippen LogP contribution < -0.4 is 5.32 Å². The molecule has 1 aromatic rings. The van der Waals surface area contributed by atoms with Crippen molar-refractivity contribution in [3.8, 4) is 12.3 Å². The molecule has 0 saturated heterocycles. The summed E-state index contributed by atoms with van der Waals surface area (Å²) in [6.45, 7) is 1.98. The van der Waals surface area contributed by atoms with Crippen molar-refractivity contribution >= 4 is 21.8 Å². The standard InChI is InChI=1S/C11H12BrNO2/c1-3-5-8(4-2)13-11(14)9-6-7-15-10(9)12/h1,6-8H,4-5H2,2H3,(H,13,14). The van der Waals surface area contributed by atoms with E-state index in [1.807, 2.05) is 6.92 Å². The largest absolute Gasteiger partial charge is 0.457 e. The zero-order valence-electron chi connectivity index (χ0n) is 8.42. The number of nitrogens with one attached hydrogen (secondary N) is 1. The van der Waals surface area contributed by atoms with Gasteiger partial charge in [0.05, 0.1) is 11.8 Å². The second kappa shape index (κ2) is 5.62. The Morgan fingerprint density at radius 3 is 3.00 bits per heavy atom. The summed E-state index contributed by atoms with van der Waals surface area (Å²) in [7, 11) is 0. The maximum Gasteiger partial charge on any atom is 0.256 e. The molecule has 1 heterocycles. The molecule has 4 heteroatoms. The summed E-state index contributed by atoms with van der Waals surface area (Å²) >= 11 is 3.15. The number of halogens is 1. The Morgan fingerprint density at radius 2 is 2.53 bits per heavy atom. The van der Waals surface area contributed by atoms with E-state index in [0.29, 0.717) is 16.7 Å². The van der Waals surface area contributed by atoms with Crippen molar-refractivity contribution < 1.29 is 9.21 Å². The molecule has 0 bridgehead atoms. The molecule has 1 unspecified atom stereocenters. The summed E-state index contributed by atoms with van der Waals surface area (Å²) in [5.41, 5.74) is 0.491. The van der Waals surface area contributed by atoms with E-state index in [0.717, 1.165) is 6.42 Å². The van der Waals surface area contributed by atoms with Gasteiger partial charge in [0.15, 0.2) is 4.67 Å². The lowest BCUT2D eigenvalue weighted by Crippen LogP contribution is -2.34. The first-order chi connectivity index (χ1) is 7.19. The Labute approximate surface area is 97.4 Å². The van der Waals surface area contributed by atoms with Crippen molar-refractivity contribution in [1.82, 2.24) is 5.32 Å². The molecule has 0 fully saturated rings. The topological polar surface area (TPSA) is 42.2 Å². The van der Waals surface area contributed by atoms with Crippen LogP contribution in [0.25, 0.3) is 0 Å². The van der Waals surface area contributed by atoms with Crippen molar-refractivity contribution in [2.24, 2.45) is 0 Å². The SMILES string of the molecule is C#CCC(CC)NC(=O)c1ccoc1Br. The van der Waals surface area contributed by atoms with Gasteiger partial charge in [-0.25, -0.2) is 0 Å². The van der Waals surface area contributed by atoms with Crippen molar-refractivity contribution in [2.75, 3.05) is 0 Å². The minimum absolute atomic E-state index is 0.0179. The summed E-state index contributed by atoms with van der Waals surface area (Å²) in [5.74, 6) is 2.37. The monoisotopic (exact) mass is 269 g/mol. The molecule has 1 aromatic heterocycles. The highest BCUT2D eigenvalue weighted by Crippen LogP contribution is 2.17. The molecule has 0 saturated carbocycles. The van der Waals surface area contributed by atoms with Crippen LogP contribution in [-0.4, -0.2) is 11.9 Å². The fourth-order valence-corrected chi connectivity index (χ4v) is 1.58. The molecule has 0 aliphatic rings. The van der Waals surface area contributed by atoms with Crippen LogP contribution in [0, 0.1) is 12.3 Å². The molecular weight excluding hydrogens is 258 g/mol. The molecule has 0 aromatic carbocycles. The van der Waals surface area contributed by atoms with E-state index in [1.165, 1.54) is 6.26 Å². The van der Waals surface area contributed by atoms with E-state index in [-0.39, 0.29) is 11.9 Å². The average Bonchev–Trinajstić information content (AvgIpc) is 2.63. The number of amides is 1. The third-order valence-electron chi connectivity index (χ3n) is 2.05. The number of hydrogen-bond acceptors (Lipinski definition) is 2. The Morgan fingerprint density at radius 1 is 1.80 bits per heavy atom. The second-order valence-corrected chi connectivity index (χ2v) is 3.82. The zero-order valence-corrected chi connectivity index (χ0v) is 10.0. The fraction of sp³-hybridized carbons (Fsp3) is 0.364. The predicted octanol–water partition coefficient (Wildman–Crippen LogP) is 2.57. The van der Waals surface area contributed by atoms with Crippen LogP contribution in [0.1, 0.15) is 30.1 Å². The third kappa shape index (κ3) is 3.14. The van der Waals surface area contributed by atoms with E-state index in [4.69, 9.17) is 10.8 Å². The molecular formula is C11H12BrNO2. The molecule has 3 nitrogen and oxygen atoms in total. The van der Waals surface area contributed by atoms with Crippen LogP contribution in [0.5, 0.6) is 0 Å². The molecule has 1 N–H and O–H groups in total. The van der Waals surface area contributed by atoms with E-state index < -0.39 is 0 Å². The highest BCUT2D eigenvalue weighted by Gasteiger charge is 2.15. The maximum atomic E-state index is 11.7. The summed E-state index contributed by atoms with van der Waals surface area (Å²) in [6.07, 6.45) is 8.01. The van der Waals surface area contributed by atoms with Crippen LogP contribution in [0.3, 0.4) is 0 Å². The number of terminal acetylenes is 1. The van der Waals surface area contributed by atoms with E-state index in [2.05, 4.69) is 27.2 Å². The van der Waals surface area contributed by atoms with Gasteiger partial charge in [-0.05, 0) is 28.4 Å². The zero-order chi connectivity index (χ0) is 11.3. The van der Waals surface area contributed by atoms with Crippen LogP contribution in [-0.2, 0) is 0 Å². The quantitative estimate of drug-likeness (QED) is 0.854. The first-order valence-electron chi connectivity index (χ1n) is 4.66. The Hall–Kier alpha value is -1.21. The van der Waals surface area contributed by atoms with Crippen molar-refractivity contribution in [3.63, 3.8) is 0 Å². The highest BCUT2D eigenvalue weighted by molar-refractivity contribution is 9.10. The van der Waals surface area contributed by atoms with Gasteiger partial charge < -0.3 is 9.73 Å². The number of carbonyl (C=O) groups is 1. The van der Waals surface area contributed by atoms with Gasteiger partial charge in [-0.15, -0.1) is 12.3 Å². The molecule has 0 aliphatic heterocycles. The minimum Gasteiger partial charge on any atom is -0.457 e. The highest BCUT2D eigenvalue weighted by atomic mass is 79.9. The molecule has 15 heavy (non-hydrogen) atoms. The number of rotatable bonds is 4. The van der Waals surface area contributed by atoms with Gasteiger partial charge in [-0.3, -0.25) is 4.79 Å². The Balaban J connectivity index is 2.63. The van der Waals surface area contributed by atoms with Crippen molar-refractivity contribution in [2.45, 2.75) is 25.8 Å². The van der Waals surface area contributed by atoms with Gasteiger partial charge in [-0.1, -0.05) is 6.92 Å². The normalized spacial score (nSPS) is 11.8. The number of furan rings is 1. The van der Waals surface area contributed by atoms with Gasteiger partial charge in [-0.2, -0.15) is 0 Å². The van der Waals surface area contributed by atoms with Crippen LogP contribution in [0.2, 0.25) is 0 Å². The van der Waals surface area contributed by atoms with Gasteiger partial charge in [0, 0.05) is 12.5 Å². The third-order valence-corrected chi connectivity index (χ3v) is 2.67. The molecule has 0 radical (unpaired) electrons. The van der Waals surface area contributed by atoms with Crippen LogP contribution >= 0.6 is 15.9 Å². The lowest BCUT2D eigenvalue weighted by molar-refractivity contribution is 0.0935. The molecule has 0 aliphatic carbocycles. The lowest BCUT2D eigenvalue weighted by atomic mass is 10.1. The summed E-state index contributed by atoms with van der Waals surface area (Å²) in [5, 5.41) is 2.84. The number of carbonyl (C=O) groups excluding carboxylic acids is 1. The molecule has 0 spiro atoms. The predicted molar refractivity (Wildman–Crippen MR) is 61.4 cm³/mol. The van der Waals surface area contributed by atoms with Crippen molar-refractivity contribution in [3.05, 3.63) is 22.6 Å². The van der Waals surface area contributed by atoms with Crippen LogP contribution in [0.4, 0.5) is 0 Å². The maximum absolute atomic E-state index is 11.7. The molecule has 1 amide bonds. The summed E-state index contributed by atoms with van der Waals surface area (Å²) < 4.78 is 5.42.